The highest BCUT2D eigenvalue weighted by molar-refractivity contribution is 14.0. The van der Waals surface area contributed by atoms with Gasteiger partial charge in [0.05, 0.1) is 18.8 Å². The number of rotatable bonds is 7. The van der Waals surface area contributed by atoms with Crippen molar-refractivity contribution in [3.63, 3.8) is 0 Å². The second kappa shape index (κ2) is 11.1. The Kier molecular flexibility index (Phi) is 9.47. The average molecular weight is 472 g/mol. The Hall–Kier alpha value is -1.77. The molecule has 6 nitrogen and oxygen atoms in total. The molecule has 1 aromatic heterocycles. The zero-order chi connectivity index (χ0) is 18.2. The molecule has 0 aliphatic carbocycles. The second-order valence-electron chi connectivity index (χ2n) is 6.18. The molecular formula is C19H29IN4O2. The van der Waals surface area contributed by atoms with Crippen LogP contribution in [0.15, 0.2) is 33.8 Å². The van der Waals surface area contributed by atoms with Crippen molar-refractivity contribution in [2.45, 2.75) is 46.7 Å². The number of hydrogen-bond acceptors (Lipinski definition) is 4. The molecule has 0 saturated carbocycles. The number of nitrogens with one attached hydrogen (secondary N) is 2. The van der Waals surface area contributed by atoms with Crippen molar-refractivity contribution in [2.75, 3.05) is 13.7 Å². The van der Waals surface area contributed by atoms with E-state index in [9.17, 15) is 0 Å². The summed E-state index contributed by atoms with van der Waals surface area (Å²) in [6, 6.07) is 8.16. The Bertz CT molecular complexity index is 713. The van der Waals surface area contributed by atoms with E-state index < -0.39 is 0 Å². The highest BCUT2D eigenvalue weighted by Gasteiger charge is 2.08. The van der Waals surface area contributed by atoms with E-state index in [0.717, 1.165) is 22.8 Å². The number of aromatic nitrogens is 1. The number of aliphatic imine (C=N–C) groups is 1. The van der Waals surface area contributed by atoms with Crippen molar-refractivity contribution in [1.29, 1.82) is 0 Å². The van der Waals surface area contributed by atoms with Crippen LogP contribution < -0.4 is 15.4 Å². The van der Waals surface area contributed by atoms with Crippen LogP contribution in [-0.2, 0) is 13.1 Å². The Labute approximate surface area is 172 Å². The minimum absolute atomic E-state index is 0. The topological polar surface area (TPSA) is 71.7 Å². The molecule has 144 valence electrons. The van der Waals surface area contributed by atoms with Gasteiger partial charge < -0.3 is 19.9 Å². The van der Waals surface area contributed by atoms with E-state index in [4.69, 9.17) is 9.26 Å². The summed E-state index contributed by atoms with van der Waals surface area (Å²) in [6.45, 7) is 10.1. The number of ether oxygens (including phenoxy) is 1. The molecular weight excluding hydrogens is 443 g/mol. The van der Waals surface area contributed by atoms with Gasteiger partial charge in [-0.2, -0.15) is 0 Å². The van der Waals surface area contributed by atoms with E-state index in [1.807, 2.05) is 19.1 Å². The van der Waals surface area contributed by atoms with E-state index in [0.29, 0.717) is 31.6 Å². The number of hydrogen-bond donors (Lipinski definition) is 2. The molecule has 0 amide bonds. The Morgan fingerprint density at radius 2 is 1.96 bits per heavy atom. The Morgan fingerprint density at radius 1 is 1.23 bits per heavy atom. The molecule has 0 saturated heterocycles. The van der Waals surface area contributed by atoms with Crippen LogP contribution in [-0.4, -0.2) is 24.8 Å². The van der Waals surface area contributed by atoms with Crippen molar-refractivity contribution in [1.82, 2.24) is 15.8 Å². The highest BCUT2D eigenvalue weighted by atomic mass is 127. The molecule has 0 spiro atoms. The first-order valence-electron chi connectivity index (χ1n) is 8.65. The van der Waals surface area contributed by atoms with Crippen molar-refractivity contribution in [2.24, 2.45) is 4.99 Å². The summed E-state index contributed by atoms with van der Waals surface area (Å²) in [6.07, 6.45) is 0. The minimum Gasteiger partial charge on any atom is -0.494 e. The first-order valence-corrected chi connectivity index (χ1v) is 8.65. The second-order valence-corrected chi connectivity index (χ2v) is 6.18. The van der Waals surface area contributed by atoms with E-state index in [-0.39, 0.29) is 24.0 Å². The predicted molar refractivity (Wildman–Crippen MR) is 115 cm³/mol. The van der Waals surface area contributed by atoms with Gasteiger partial charge in [-0.05, 0) is 37.0 Å². The smallest absolute Gasteiger partial charge is 0.191 e. The van der Waals surface area contributed by atoms with Crippen LogP contribution in [0.4, 0.5) is 0 Å². The summed E-state index contributed by atoms with van der Waals surface area (Å²) >= 11 is 0. The lowest BCUT2D eigenvalue weighted by Gasteiger charge is -2.12. The molecule has 0 atom stereocenters. The standard InChI is InChI=1S/C19H28N4O2.HI/c1-6-24-18-8-7-15(9-14(18)4)11-21-19(20-5)22-12-16-10-17(13(2)3)23-25-16;/h7-10,13H,6,11-12H2,1-5H3,(H2,20,21,22);1H. The van der Waals surface area contributed by atoms with Crippen LogP contribution in [0.5, 0.6) is 5.75 Å². The maximum absolute atomic E-state index is 5.57. The Morgan fingerprint density at radius 3 is 2.54 bits per heavy atom. The van der Waals surface area contributed by atoms with Crippen molar-refractivity contribution in [3.05, 3.63) is 46.8 Å². The fraction of sp³-hybridized carbons (Fsp3) is 0.474. The maximum atomic E-state index is 5.57. The lowest BCUT2D eigenvalue weighted by atomic mass is 10.1. The Balaban J connectivity index is 0.00000338. The van der Waals surface area contributed by atoms with Crippen LogP contribution in [0.3, 0.4) is 0 Å². The van der Waals surface area contributed by atoms with Gasteiger partial charge in [-0.15, -0.1) is 24.0 Å². The normalized spacial score (nSPS) is 11.2. The monoisotopic (exact) mass is 472 g/mol. The van der Waals surface area contributed by atoms with E-state index in [1.54, 1.807) is 7.05 Å². The summed E-state index contributed by atoms with van der Waals surface area (Å²) in [5, 5.41) is 10.6. The molecule has 0 aliphatic heterocycles. The molecule has 2 aromatic rings. The molecule has 0 bridgehead atoms. The van der Waals surface area contributed by atoms with Gasteiger partial charge in [0.2, 0.25) is 0 Å². The molecule has 2 rings (SSSR count). The number of guanidine groups is 1. The van der Waals surface area contributed by atoms with E-state index in [1.165, 1.54) is 5.56 Å². The van der Waals surface area contributed by atoms with Crippen molar-refractivity contribution < 1.29 is 9.26 Å². The largest absolute Gasteiger partial charge is 0.494 e. The summed E-state index contributed by atoms with van der Waals surface area (Å²) in [7, 11) is 1.75. The van der Waals surface area contributed by atoms with Crippen molar-refractivity contribution in [3.8, 4) is 5.75 Å². The molecule has 0 fully saturated rings. The highest BCUT2D eigenvalue weighted by Crippen LogP contribution is 2.19. The van der Waals surface area contributed by atoms with Crippen LogP contribution in [0, 0.1) is 6.92 Å². The first-order chi connectivity index (χ1) is 12.0. The third-order valence-corrected chi connectivity index (χ3v) is 3.82. The maximum Gasteiger partial charge on any atom is 0.191 e. The van der Waals surface area contributed by atoms with E-state index in [2.05, 4.69) is 53.7 Å². The molecule has 0 aliphatic rings. The summed E-state index contributed by atoms with van der Waals surface area (Å²) in [5.74, 6) is 2.80. The van der Waals surface area contributed by atoms with E-state index >= 15 is 0 Å². The predicted octanol–water partition coefficient (Wildman–Crippen LogP) is 3.99. The summed E-state index contributed by atoms with van der Waals surface area (Å²) in [5.41, 5.74) is 3.27. The summed E-state index contributed by atoms with van der Waals surface area (Å²) in [4.78, 5) is 4.24. The lowest BCUT2D eigenvalue weighted by molar-refractivity contribution is 0.338. The number of nitrogens with zero attached hydrogens (tertiary/aromatic N) is 2. The van der Waals surface area contributed by atoms with Gasteiger partial charge in [0.15, 0.2) is 11.7 Å². The molecule has 0 radical (unpaired) electrons. The van der Waals surface area contributed by atoms with Crippen LogP contribution in [0.1, 0.15) is 49.3 Å². The minimum atomic E-state index is 0. The lowest BCUT2D eigenvalue weighted by Crippen LogP contribution is -2.36. The van der Waals surface area contributed by atoms with Gasteiger partial charge in [0, 0.05) is 19.7 Å². The van der Waals surface area contributed by atoms with Gasteiger partial charge in [-0.1, -0.05) is 31.1 Å². The number of benzene rings is 1. The molecule has 7 heteroatoms. The van der Waals surface area contributed by atoms with Gasteiger partial charge >= 0.3 is 0 Å². The van der Waals surface area contributed by atoms with Crippen LogP contribution in [0.25, 0.3) is 0 Å². The molecule has 26 heavy (non-hydrogen) atoms. The molecule has 1 heterocycles. The first kappa shape index (κ1) is 22.3. The summed E-state index contributed by atoms with van der Waals surface area (Å²) < 4.78 is 10.9. The fourth-order valence-corrected chi connectivity index (χ4v) is 2.40. The quantitative estimate of drug-likeness (QED) is 0.362. The molecule has 2 N–H and O–H groups in total. The third kappa shape index (κ3) is 6.51. The fourth-order valence-electron chi connectivity index (χ4n) is 2.40. The zero-order valence-electron chi connectivity index (χ0n) is 16.1. The molecule has 0 unspecified atom stereocenters. The molecule has 1 aromatic carbocycles. The van der Waals surface area contributed by atoms with Gasteiger partial charge in [-0.25, -0.2) is 0 Å². The van der Waals surface area contributed by atoms with Gasteiger partial charge in [0.1, 0.15) is 5.75 Å². The van der Waals surface area contributed by atoms with Gasteiger partial charge in [-0.3, -0.25) is 4.99 Å². The number of halogens is 1. The zero-order valence-corrected chi connectivity index (χ0v) is 18.5. The number of aryl methyl sites for hydroxylation is 1. The van der Waals surface area contributed by atoms with Crippen molar-refractivity contribution >= 4 is 29.9 Å². The third-order valence-electron chi connectivity index (χ3n) is 3.82. The van der Waals surface area contributed by atoms with Gasteiger partial charge in [0.25, 0.3) is 0 Å². The SMILES string of the molecule is CCOc1ccc(CNC(=NC)NCc2cc(C(C)C)no2)cc1C.I. The van der Waals surface area contributed by atoms with Crippen LogP contribution >= 0.6 is 24.0 Å². The average Bonchev–Trinajstić information content (AvgIpc) is 3.07. The van der Waals surface area contributed by atoms with Crippen LogP contribution in [0.2, 0.25) is 0 Å².